The topological polar surface area (TPSA) is 94.7 Å². The second kappa shape index (κ2) is 5.60. The fourth-order valence-electron chi connectivity index (χ4n) is 5.84. The molecule has 1 aromatic heterocycles. The Morgan fingerprint density at radius 2 is 1.75 bits per heavy atom. The highest BCUT2D eigenvalue weighted by atomic mass is 16.4. The molecule has 5 aliphatic rings. The van der Waals surface area contributed by atoms with Gasteiger partial charge in [-0.1, -0.05) is 11.5 Å². The number of hydrogen-bond donors (Lipinski definition) is 2. The third-order valence-corrected chi connectivity index (χ3v) is 7.42. The highest BCUT2D eigenvalue weighted by Crippen LogP contribution is 2.56. The molecule has 3 heterocycles. The van der Waals surface area contributed by atoms with Crippen molar-refractivity contribution in [1.82, 2.24) is 24.6 Å². The first-order valence-corrected chi connectivity index (χ1v) is 10.4. The predicted molar refractivity (Wildman–Crippen MR) is 101 cm³/mol. The minimum absolute atomic E-state index is 0.177. The van der Waals surface area contributed by atoms with Crippen LogP contribution >= 0.6 is 0 Å². The fourth-order valence-corrected chi connectivity index (χ4v) is 5.84. The minimum Gasteiger partial charge on any atom is -0.424 e. The molecule has 0 bridgehead atoms. The quantitative estimate of drug-likeness (QED) is 0.758. The molecule has 2 N–H and O–H groups in total. The van der Waals surface area contributed by atoms with Gasteiger partial charge in [-0.05, 0) is 38.5 Å². The van der Waals surface area contributed by atoms with Crippen molar-refractivity contribution in [3.8, 4) is 0 Å². The summed E-state index contributed by atoms with van der Waals surface area (Å²) in [5.41, 5.74) is 1.61. The van der Waals surface area contributed by atoms with Gasteiger partial charge in [-0.15, -0.1) is 0 Å². The van der Waals surface area contributed by atoms with Crippen LogP contribution in [0.15, 0.2) is 17.9 Å². The molecule has 2 spiro atoms. The molecule has 148 valence electrons. The molecule has 6 rings (SSSR count). The average Bonchev–Trinajstić information content (AvgIpc) is 3.24. The Hall–Kier alpha value is -1.87. The van der Waals surface area contributed by atoms with Gasteiger partial charge in [0.15, 0.2) is 5.82 Å². The van der Waals surface area contributed by atoms with Crippen LogP contribution in [0.1, 0.15) is 56.3 Å². The maximum atomic E-state index is 12.7. The summed E-state index contributed by atoms with van der Waals surface area (Å²) in [6.45, 7) is 3.36. The van der Waals surface area contributed by atoms with Gasteiger partial charge in [0.2, 0.25) is 0 Å². The fraction of sp³-hybridized carbons (Fsp3) is 0.737. The Morgan fingerprint density at radius 1 is 1.11 bits per heavy atom. The molecule has 0 aromatic carbocycles. The summed E-state index contributed by atoms with van der Waals surface area (Å²) in [4.78, 5) is 21.1. The van der Waals surface area contributed by atoms with Crippen LogP contribution in [0.2, 0.25) is 0 Å². The van der Waals surface area contributed by atoms with E-state index in [2.05, 4.69) is 10.1 Å². The van der Waals surface area contributed by atoms with Crippen LogP contribution in [-0.4, -0.2) is 73.9 Å². The summed E-state index contributed by atoms with van der Waals surface area (Å²) >= 11 is 0. The number of amides is 2. The van der Waals surface area contributed by atoms with Gasteiger partial charge in [0.05, 0.1) is 6.04 Å². The van der Waals surface area contributed by atoms with Crippen molar-refractivity contribution >= 4 is 13.1 Å². The summed E-state index contributed by atoms with van der Waals surface area (Å²) in [5, 5.41) is 22.7. The first kappa shape index (κ1) is 17.0. The number of likely N-dealkylation sites (tertiary alicyclic amines) is 2. The van der Waals surface area contributed by atoms with Crippen molar-refractivity contribution in [3.05, 3.63) is 23.7 Å². The van der Waals surface area contributed by atoms with Crippen LogP contribution in [0.3, 0.4) is 0 Å². The Morgan fingerprint density at radius 3 is 2.36 bits per heavy atom. The zero-order valence-electron chi connectivity index (χ0n) is 16.0. The zero-order valence-corrected chi connectivity index (χ0v) is 16.0. The Kier molecular flexibility index (Phi) is 3.41. The van der Waals surface area contributed by atoms with E-state index in [1.807, 2.05) is 20.8 Å². The third kappa shape index (κ3) is 2.63. The Bertz CT molecular complexity index is 834. The molecule has 2 aliphatic heterocycles. The highest BCUT2D eigenvalue weighted by Gasteiger charge is 2.58. The van der Waals surface area contributed by atoms with Gasteiger partial charge >= 0.3 is 13.1 Å². The second-order valence-electron chi connectivity index (χ2n) is 10.0. The van der Waals surface area contributed by atoms with Crippen molar-refractivity contribution in [3.63, 3.8) is 0 Å². The monoisotopic (exact) mass is 383 g/mol. The smallest absolute Gasteiger partial charge is 0.424 e. The summed E-state index contributed by atoms with van der Waals surface area (Å²) in [7, 11) is -1.36. The van der Waals surface area contributed by atoms with E-state index in [-0.39, 0.29) is 11.4 Å². The molecule has 3 saturated carbocycles. The summed E-state index contributed by atoms with van der Waals surface area (Å²) in [5.74, 6) is 3.13. The summed E-state index contributed by atoms with van der Waals surface area (Å²) < 4.78 is 2.05. The van der Waals surface area contributed by atoms with Gasteiger partial charge in [0, 0.05) is 42.9 Å². The van der Waals surface area contributed by atoms with Crippen LogP contribution < -0.4 is 0 Å². The van der Waals surface area contributed by atoms with Crippen molar-refractivity contribution in [1.29, 1.82) is 0 Å². The lowest BCUT2D eigenvalue weighted by atomic mass is 9.58. The third-order valence-electron chi connectivity index (χ3n) is 7.42. The number of aromatic nitrogens is 3. The van der Waals surface area contributed by atoms with Crippen molar-refractivity contribution in [2.24, 2.45) is 10.8 Å². The molecule has 9 heteroatoms. The second-order valence-corrected chi connectivity index (χ2v) is 10.0. The molecule has 28 heavy (non-hydrogen) atoms. The summed E-state index contributed by atoms with van der Waals surface area (Å²) in [6, 6.07) is 0.627. The number of urea groups is 1. The predicted octanol–water partition coefficient (Wildman–Crippen LogP) is 0.947. The first-order chi connectivity index (χ1) is 13.4. The van der Waals surface area contributed by atoms with Gasteiger partial charge in [0.25, 0.3) is 0 Å². The molecule has 1 aromatic rings. The van der Waals surface area contributed by atoms with Crippen LogP contribution in [-0.2, 0) is 0 Å². The largest absolute Gasteiger partial charge is 0.480 e. The van der Waals surface area contributed by atoms with Gasteiger partial charge in [0.1, 0.15) is 6.33 Å². The lowest BCUT2D eigenvalue weighted by molar-refractivity contribution is -0.0888. The lowest BCUT2D eigenvalue weighted by Crippen LogP contribution is -2.70. The molecule has 2 saturated heterocycles. The van der Waals surface area contributed by atoms with Gasteiger partial charge in [-0.2, -0.15) is 5.10 Å². The van der Waals surface area contributed by atoms with E-state index in [4.69, 9.17) is 10.0 Å². The number of nitrogens with zero attached hydrogens (tertiary/aromatic N) is 5. The van der Waals surface area contributed by atoms with Gasteiger partial charge in [-0.3, -0.25) is 0 Å². The SMILES string of the molecule is O=C(N1CC2(CC(=CB(O)O)C2)C1)N1CC2(CC(n3cnc(C4CC4)n3)C2)C1. The van der Waals surface area contributed by atoms with Crippen molar-refractivity contribution in [2.45, 2.75) is 50.5 Å². The molecular weight excluding hydrogens is 357 g/mol. The maximum Gasteiger partial charge on any atom is 0.480 e. The average molecular weight is 383 g/mol. The van der Waals surface area contributed by atoms with Gasteiger partial charge in [-0.25, -0.2) is 14.5 Å². The van der Waals surface area contributed by atoms with Crippen molar-refractivity contribution in [2.75, 3.05) is 26.2 Å². The van der Waals surface area contributed by atoms with E-state index in [1.165, 1.54) is 18.8 Å². The lowest BCUT2D eigenvalue weighted by Gasteiger charge is -2.62. The van der Waals surface area contributed by atoms with E-state index in [1.54, 1.807) is 0 Å². The Balaban J connectivity index is 0.965. The van der Waals surface area contributed by atoms with Crippen molar-refractivity contribution < 1.29 is 14.8 Å². The molecule has 3 aliphatic carbocycles. The van der Waals surface area contributed by atoms with Crippen LogP contribution in [0, 0.1) is 10.8 Å². The van der Waals surface area contributed by atoms with E-state index < -0.39 is 7.12 Å². The molecule has 0 unspecified atom stereocenters. The number of hydrogen-bond acceptors (Lipinski definition) is 5. The first-order valence-electron chi connectivity index (χ1n) is 10.4. The number of carbonyl (C=O) groups excluding carboxylic acids is 1. The highest BCUT2D eigenvalue weighted by molar-refractivity contribution is 6.47. The number of allylic oxidation sites excluding steroid dienone is 1. The zero-order chi connectivity index (χ0) is 19.1. The molecule has 0 radical (unpaired) electrons. The standard InChI is InChI=1S/C19H26BN5O3/c26-17(23-8-18(9-23)3-13(4-18)7-20(27)28)24-10-19(11-24)5-15(6-19)25-12-21-16(22-25)14-1-2-14/h7,12,14-15,27-28H,1-6,8-11H2. The van der Waals surface area contributed by atoms with Crippen LogP contribution in [0.25, 0.3) is 0 Å². The van der Waals surface area contributed by atoms with Gasteiger partial charge < -0.3 is 19.8 Å². The molecule has 2 amide bonds. The van der Waals surface area contributed by atoms with Crippen LogP contribution in [0.4, 0.5) is 4.79 Å². The number of carbonyl (C=O) groups is 1. The Labute approximate surface area is 164 Å². The summed E-state index contributed by atoms with van der Waals surface area (Å²) in [6.07, 6.45) is 8.34. The van der Waals surface area contributed by atoms with E-state index in [0.717, 1.165) is 63.3 Å². The van der Waals surface area contributed by atoms with E-state index >= 15 is 0 Å². The molecular formula is C19H26BN5O3. The maximum absolute atomic E-state index is 12.7. The molecule has 8 nitrogen and oxygen atoms in total. The van der Waals surface area contributed by atoms with E-state index in [9.17, 15) is 4.79 Å². The number of rotatable bonds is 3. The molecule has 5 fully saturated rings. The molecule has 0 atom stereocenters. The minimum atomic E-state index is -1.36. The van der Waals surface area contributed by atoms with Crippen LogP contribution in [0.5, 0.6) is 0 Å². The normalized spacial score (nSPS) is 27.1. The van der Waals surface area contributed by atoms with E-state index in [0.29, 0.717) is 17.4 Å².